The van der Waals surface area contributed by atoms with E-state index in [1.54, 1.807) is 29.2 Å². The van der Waals surface area contributed by atoms with Gasteiger partial charge in [0.1, 0.15) is 9.96 Å². The minimum atomic E-state index is -3.48. The maximum absolute atomic E-state index is 12.3. The van der Waals surface area contributed by atoms with Crippen LogP contribution in [-0.4, -0.2) is 39.0 Å². The van der Waals surface area contributed by atoms with Gasteiger partial charge in [0.2, 0.25) is 10.0 Å². The van der Waals surface area contributed by atoms with Crippen molar-refractivity contribution in [3.63, 3.8) is 0 Å². The fraction of sp³-hybridized carbons (Fsp3) is 0.353. The first kappa shape index (κ1) is 19.3. The molecule has 0 bridgehead atoms. The largest absolute Gasteiger partial charge is 0.415 e. The molecule has 1 fully saturated rings. The van der Waals surface area contributed by atoms with Crippen LogP contribution >= 0.6 is 27.3 Å². The van der Waals surface area contributed by atoms with Crippen molar-refractivity contribution in [1.82, 2.24) is 9.62 Å². The predicted molar refractivity (Wildman–Crippen MR) is 104 cm³/mol. The molecule has 0 atom stereocenters. The lowest BCUT2D eigenvalue weighted by molar-refractivity contribution is 0.131. The summed E-state index contributed by atoms with van der Waals surface area (Å²) in [5.41, 5.74) is 0. The van der Waals surface area contributed by atoms with Gasteiger partial charge in [-0.15, -0.1) is 11.3 Å². The third kappa shape index (κ3) is 5.06. The molecule has 0 spiro atoms. The van der Waals surface area contributed by atoms with Gasteiger partial charge in [0, 0.05) is 19.6 Å². The van der Waals surface area contributed by atoms with Gasteiger partial charge in [0.05, 0.1) is 3.79 Å². The van der Waals surface area contributed by atoms with E-state index in [1.807, 2.05) is 18.2 Å². The number of hydrogen-bond donors (Lipinski definition) is 1. The lowest BCUT2D eigenvalue weighted by Gasteiger charge is -2.31. The zero-order chi connectivity index (χ0) is 18.6. The Morgan fingerprint density at radius 3 is 2.50 bits per heavy atom. The number of carbonyl (C=O) groups is 1. The monoisotopic (exact) mass is 458 g/mol. The van der Waals surface area contributed by atoms with Crippen LogP contribution in [0.1, 0.15) is 12.8 Å². The summed E-state index contributed by atoms with van der Waals surface area (Å²) in [6.45, 7) is 1.49. The fourth-order valence-electron chi connectivity index (χ4n) is 2.71. The molecule has 1 aliphatic rings. The molecule has 0 aliphatic carbocycles. The second-order valence-electron chi connectivity index (χ2n) is 6.02. The van der Waals surface area contributed by atoms with Gasteiger partial charge in [0.15, 0.2) is 0 Å². The lowest BCUT2D eigenvalue weighted by atomic mass is 9.97. The minimum absolute atomic E-state index is 0.203. The number of halogens is 1. The maximum Gasteiger partial charge on any atom is 0.415 e. The Morgan fingerprint density at radius 2 is 1.88 bits per heavy atom. The molecule has 1 aromatic carbocycles. The van der Waals surface area contributed by atoms with Gasteiger partial charge in [-0.05, 0) is 59.0 Å². The summed E-state index contributed by atoms with van der Waals surface area (Å²) in [7, 11) is -3.48. The first-order valence-corrected chi connectivity index (χ1v) is 11.3. The van der Waals surface area contributed by atoms with Crippen LogP contribution in [0.25, 0.3) is 0 Å². The second kappa shape index (κ2) is 8.51. The molecule has 1 aromatic heterocycles. The number of rotatable bonds is 5. The van der Waals surface area contributed by atoms with Crippen LogP contribution in [0.5, 0.6) is 5.75 Å². The van der Waals surface area contributed by atoms with Crippen LogP contribution in [0.4, 0.5) is 4.79 Å². The summed E-state index contributed by atoms with van der Waals surface area (Å²) in [5, 5.41) is 0. The molecule has 3 rings (SSSR count). The van der Waals surface area contributed by atoms with Crippen LogP contribution in [0.3, 0.4) is 0 Å². The van der Waals surface area contributed by atoms with E-state index in [-0.39, 0.29) is 12.0 Å². The Hall–Kier alpha value is -1.42. The first-order valence-electron chi connectivity index (χ1n) is 8.21. The highest BCUT2D eigenvalue weighted by atomic mass is 79.9. The van der Waals surface area contributed by atoms with Crippen LogP contribution in [-0.2, 0) is 10.0 Å². The van der Waals surface area contributed by atoms with Gasteiger partial charge < -0.3 is 9.64 Å². The van der Waals surface area contributed by atoms with Gasteiger partial charge in [-0.2, -0.15) is 0 Å². The van der Waals surface area contributed by atoms with E-state index >= 15 is 0 Å². The second-order valence-corrected chi connectivity index (χ2v) is 10.5. The van der Waals surface area contributed by atoms with E-state index in [0.717, 1.165) is 16.6 Å². The van der Waals surface area contributed by atoms with E-state index in [0.29, 0.717) is 29.6 Å². The number of carbonyl (C=O) groups excluding carboxylic acids is 1. The average Bonchev–Trinajstić information content (AvgIpc) is 3.09. The average molecular weight is 459 g/mol. The van der Waals surface area contributed by atoms with Gasteiger partial charge in [-0.1, -0.05) is 18.2 Å². The van der Waals surface area contributed by atoms with Crippen LogP contribution in [0, 0.1) is 5.92 Å². The highest BCUT2D eigenvalue weighted by Gasteiger charge is 2.26. The topological polar surface area (TPSA) is 75.7 Å². The summed E-state index contributed by atoms with van der Waals surface area (Å²) in [6, 6.07) is 12.3. The molecule has 0 saturated carbocycles. The summed E-state index contributed by atoms with van der Waals surface area (Å²) in [6.07, 6.45) is 1.11. The maximum atomic E-state index is 12.3. The summed E-state index contributed by atoms with van der Waals surface area (Å²) >= 11 is 4.46. The molecule has 2 aromatic rings. The highest BCUT2D eigenvalue weighted by molar-refractivity contribution is 9.11. The molecule has 1 amide bonds. The number of piperidine rings is 1. The van der Waals surface area contributed by atoms with Crippen molar-refractivity contribution < 1.29 is 17.9 Å². The quantitative estimate of drug-likeness (QED) is 0.740. The molecule has 0 unspecified atom stereocenters. The Bertz CT molecular complexity index is 847. The number of hydrogen-bond acceptors (Lipinski definition) is 5. The zero-order valence-electron chi connectivity index (χ0n) is 13.9. The van der Waals surface area contributed by atoms with Crippen molar-refractivity contribution >= 4 is 43.4 Å². The van der Waals surface area contributed by atoms with Crippen LogP contribution < -0.4 is 9.46 Å². The number of benzene rings is 1. The highest BCUT2D eigenvalue weighted by Crippen LogP contribution is 2.26. The summed E-state index contributed by atoms with van der Waals surface area (Å²) in [4.78, 5) is 13.8. The molecule has 26 heavy (non-hydrogen) atoms. The molecule has 1 saturated heterocycles. The molecule has 0 radical (unpaired) electrons. The Morgan fingerprint density at radius 1 is 1.19 bits per heavy atom. The van der Waals surface area contributed by atoms with Crippen molar-refractivity contribution in [2.24, 2.45) is 5.92 Å². The third-order valence-corrected chi connectivity index (χ3v) is 7.74. The summed E-state index contributed by atoms with van der Waals surface area (Å²) < 4.78 is 33.6. The van der Waals surface area contributed by atoms with E-state index in [1.165, 1.54) is 11.3 Å². The van der Waals surface area contributed by atoms with Gasteiger partial charge in [0.25, 0.3) is 0 Å². The SMILES string of the molecule is O=C(Oc1ccccc1)N1CCC(CNS(=O)(=O)c2ccc(Br)s2)CC1. The van der Waals surface area contributed by atoms with Gasteiger partial charge in [-0.25, -0.2) is 17.9 Å². The third-order valence-electron chi connectivity index (χ3n) is 4.20. The van der Waals surface area contributed by atoms with E-state index in [4.69, 9.17) is 4.74 Å². The number of nitrogens with one attached hydrogen (secondary N) is 1. The number of likely N-dealkylation sites (tertiary alicyclic amines) is 1. The number of amides is 1. The zero-order valence-corrected chi connectivity index (χ0v) is 17.1. The number of nitrogens with zero attached hydrogens (tertiary/aromatic N) is 1. The van der Waals surface area contributed by atoms with Crippen LogP contribution in [0.15, 0.2) is 50.5 Å². The molecule has 9 heteroatoms. The molecule has 140 valence electrons. The molecule has 1 N–H and O–H groups in total. The number of para-hydroxylation sites is 1. The standard InChI is InChI=1S/C17H19BrN2O4S2/c18-15-6-7-16(25-15)26(22,23)19-12-13-8-10-20(11-9-13)17(21)24-14-4-2-1-3-5-14/h1-7,13,19H,8-12H2. The Balaban J connectivity index is 1.46. The molecule has 1 aliphatic heterocycles. The number of sulfonamides is 1. The van der Waals surface area contributed by atoms with Crippen molar-refractivity contribution in [3.8, 4) is 5.75 Å². The number of thiophene rings is 1. The molecular weight excluding hydrogens is 440 g/mol. The van der Waals surface area contributed by atoms with Crippen molar-refractivity contribution in [3.05, 3.63) is 46.3 Å². The fourth-order valence-corrected chi connectivity index (χ4v) is 5.89. The van der Waals surface area contributed by atoms with E-state index in [9.17, 15) is 13.2 Å². The van der Waals surface area contributed by atoms with Gasteiger partial charge >= 0.3 is 6.09 Å². The van der Waals surface area contributed by atoms with Crippen molar-refractivity contribution in [2.45, 2.75) is 17.1 Å². The van der Waals surface area contributed by atoms with Crippen molar-refractivity contribution in [1.29, 1.82) is 0 Å². The normalized spacial score (nSPS) is 15.8. The van der Waals surface area contributed by atoms with Crippen LogP contribution in [0.2, 0.25) is 0 Å². The predicted octanol–water partition coefficient (Wildman–Crippen LogP) is 3.70. The first-order chi connectivity index (χ1) is 12.4. The number of ether oxygens (including phenoxy) is 1. The lowest BCUT2D eigenvalue weighted by Crippen LogP contribution is -2.42. The van der Waals surface area contributed by atoms with Crippen molar-refractivity contribution in [2.75, 3.05) is 19.6 Å². The molecule has 6 nitrogen and oxygen atoms in total. The van der Waals surface area contributed by atoms with E-state index in [2.05, 4.69) is 20.7 Å². The Kier molecular flexibility index (Phi) is 6.33. The smallest absolute Gasteiger partial charge is 0.410 e. The Labute approximate surface area is 165 Å². The minimum Gasteiger partial charge on any atom is -0.410 e. The van der Waals surface area contributed by atoms with E-state index < -0.39 is 10.0 Å². The molecule has 2 heterocycles. The van der Waals surface area contributed by atoms with Gasteiger partial charge in [-0.3, -0.25) is 0 Å². The molecular formula is C17H19BrN2O4S2. The summed E-state index contributed by atoms with van der Waals surface area (Å²) in [5.74, 6) is 0.725.